The van der Waals surface area contributed by atoms with E-state index in [9.17, 15) is 9.90 Å². The van der Waals surface area contributed by atoms with Crippen LogP contribution in [0.25, 0.3) is 5.57 Å². The first-order valence-corrected chi connectivity index (χ1v) is 6.87. The van der Waals surface area contributed by atoms with Crippen LogP contribution in [0.2, 0.25) is 0 Å². The van der Waals surface area contributed by atoms with E-state index in [0.29, 0.717) is 12.1 Å². The molecule has 108 valence electrons. The van der Waals surface area contributed by atoms with Gasteiger partial charge in [-0.2, -0.15) is 0 Å². The topological polar surface area (TPSA) is 49.3 Å². The van der Waals surface area contributed by atoms with E-state index in [0.717, 1.165) is 16.8 Å². The number of nitrogens with one attached hydrogen (secondary N) is 1. The van der Waals surface area contributed by atoms with Gasteiger partial charge in [-0.25, -0.2) is 0 Å². The SMILES string of the molecule is CC(=O)/C(=C(/C)NCc1ccccc1)c1ccc(O)cc1. The lowest BCUT2D eigenvalue weighted by Gasteiger charge is -2.13. The predicted octanol–water partition coefficient (Wildman–Crippen LogP) is 3.50. The molecule has 2 aromatic rings. The molecule has 0 saturated heterocycles. The Balaban J connectivity index is 2.23. The summed E-state index contributed by atoms with van der Waals surface area (Å²) in [6, 6.07) is 16.7. The van der Waals surface area contributed by atoms with E-state index in [-0.39, 0.29) is 11.5 Å². The van der Waals surface area contributed by atoms with Gasteiger partial charge in [-0.1, -0.05) is 42.5 Å². The lowest BCUT2D eigenvalue weighted by Crippen LogP contribution is -2.14. The number of aromatic hydroxyl groups is 1. The van der Waals surface area contributed by atoms with Gasteiger partial charge in [-0.3, -0.25) is 4.79 Å². The molecule has 0 heterocycles. The summed E-state index contributed by atoms with van der Waals surface area (Å²) in [5.41, 5.74) is 3.44. The molecule has 0 bridgehead atoms. The number of phenols is 1. The predicted molar refractivity (Wildman–Crippen MR) is 84.7 cm³/mol. The molecule has 2 aromatic carbocycles. The van der Waals surface area contributed by atoms with Crippen molar-refractivity contribution < 1.29 is 9.90 Å². The van der Waals surface area contributed by atoms with Gasteiger partial charge in [0.05, 0.1) is 0 Å². The van der Waals surface area contributed by atoms with Crippen molar-refractivity contribution in [1.29, 1.82) is 0 Å². The van der Waals surface area contributed by atoms with Crippen molar-refractivity contribution in [2.75, 3.05) is 0 Å². The number of hydrogen-bond acceptors (Lipinski definition) is 3. The molecule has 2 rings (SSSR count). The molecule has 0 atom stereocenters. The molecule has 0 aromatic heterocycles. The lowest BCUT2D eigenvalue weighted by molar-refractivity contribution is -0.111. The monoisotopic (exact) mass is 281 g/mol. The number of carbonyl (C=O) groups excluding carboxylic acids is 1. The number of hydrogen-bond donors (Lipinski definition) is 2. The average Bonchev–Trinajstić information content (AvgIpc) is 2.48. The molecule has 0 unspecified atom stereocenters. The van der Waals surface area contributed by atoms with E-state index < -0.39 is 0 Å². The van der Waals surface area contributed by atoms with Crippen LogP contribution in [-0.4, -0.2) is 10.9 Å². The number of ketones is 1. The molecular weight excluding hydrogens is 262 g/mol. The van der Waals surface area contributed by atoms with Crippen molar-refractivity contribution in [2.45, 2.75) is 20.4 Å². The number of carbonyl (C=O) groups is 1. The number of rotatable bonds is 5. The summed E-state index contributed by atoms with van der Waals surface area (Å²) >= 11 is 0. The van der Waals surface area contributed by atoms with Gasteiger partial charge in [-0.05, 0) is 37.1 Å². The van der Waals surface area contributed by atoms with Crippen LogP contribution in [0.15, 0.2) is 60.3 Å². The van der Waals surface area contributed by atoms with Gasteiger partial charge >= 0.3 is 0 Å². The third-order valence-corrected chi connectivity index (χ3v) is 3.28. The minimum atomic E-state index is -0.00116. The first-order chi connectivity index (χ1) is 10.1. The van der Waals surface area contributed by atoms with Crippen molar-refractivity contribution in [3.8, 4) is 5.75 Å². The third-order valence-electron chi connectivity index (χ3n) is 3.28. The maximum Gasteiger partial charge on any atom is 0.162 e. The van der Waals surface area contributed by atoms with Crippen molar-refractivity contribution in [3.63, 3.8) is 0 Å². The molecule has 0 radical (unpaired) electrons. The Morgan fingerprint density at radius 3 is 2.19 bits per heavy atom. The highest BCUT2D eigenvalue weighted by Gasteiger charge is 2.11. The minimum absolute atomic E-state index is 0.00116. The summed E-state index contributed by atoms with van der Waals surface area (Å²) in [5, 5.41) is 12.6. The largest absolute Gasteiger partial charge is 0.508 e. The lowest BCUT2D eigenvalue weighted by atomic mass is 10.0. The van der Waals surface area contributed by atoms with Crippen LogP contribution in [0.3, 0.4) is 0 Å². The maximum atomic E-state index is 11.9. The molecule has 0 aliphatic carbocycles. The second kappa shape index (κ2) is 6.75. The van der Waals surface area contributed by atoms with Gasteiger partial charge in [-0.15, -0.1) is 0 Å². The highest BCUT2D eigenvalue weighted by atomic mass is 16.3. The fourth-order valence-corrected chi connectivity index (χ4v) is 2.23. The normalized spacial score (nSPS) is 11.7. The van der Waals surface area contributed by atoms with Gasteiger partial charge < -0.3 is 10.4 Å². The minimum Gasteiger partial charge on any atom is -0.508 e. The van der Waals surface area contributed by atoms with Gasteiger partial charge in [0.15, 0.2) is 5.78 Å². The molecule has 0 spiro atoms. The number of allylic oxidation sites excluding steroid dienone is 2. The Morgan fingerprint density at radius 2 is 1.62 bits per heavy atom. The Hall–Kier alpha value is -2.55. The van der Waals surface area contributed by atoms with Gasteiger partial charge in [0.2, 0.25) is 0 Å². The Labute approximate surface area is 124 Å². The zero-order valence-electron chi connectivity index (χ0n) is 12.3. The van der Waals surface area contributed by atoms with E-state index in [4.69, 9.17) is 0 Å². The molecular formula is C18H19NO2. The van der Waals surface area contributed by atoms with Crippen LogP contribution in [0, 0.1) is 0 Å². The second-order valence-corrected chi connectivity index (χ2v) is 4.94. The molecule has 0 aliphatic rings. The molecule has 0 aliphatic heterocycles. The molecule has 3 heteroatoms. The number of benzene rings is 2. The van der Waals surface area contributed by atoms with E-state index in [2.05, 4.69) is 5.32 Å². The van der Waals surface area contributed by atoms with Crippen molar-refractivity contribution >= 4 is 11.4 Å². The summed E-state index contributed by atoms with van der Waals surface area (Å²) < 4.78 is 0. The van der Waals surface area contributed by atoms with E-state index >= 15 is 0 Å². The van der Waals surface area contributed by atoms with Crippen molar-refractivity contribution in [3.05, 3.63) is 71.4 Å². The summed E-state index contributed by atoms with van der Waals surface area (Å²) in [6.07, 6.45) is 0. The molecule has 0 amide bonds. The molecule has 0 fully saturated rings. The highest BCUT2D eigenvalue weighted by molar-refractivity contribution is 6.20. The first-order valence-electron chi connectivity index (χ1n) is 6.87. The summed E-state index contributed by atoms with van der Waals surface area (Å²) in [4.78, 5) is 11.9. The van der Waals surface area contributed by atoms with Gasteiger partial charge in [0.25, 0.3) is 0 Å². The van der Waals surface area contributed by atoms with Crippen LogP contribution in [0.5, 0.6) is 5.75 Å². The summed E-state index contributed by atoms with van der Waals surface area (Å²) in [7, 11) is 0. The zero-order valence-corrected chi connectivity index (χ0v) is 12.3. The van der Waals surface area contributed by atoms with Gasteiger partial charge in [0.1, 0.15) is 5.75 Å². The summed E-state index contributed by atoms with van der Waals surface area (Å²) in [6.45, 7) is 4.12. The number of Topliss-reactive ketones (excluding diaryl/α,β-unsaturated/α-hetero) is 1. The molecule has 21 heavy (non-hydrogen) atoms. The van der Waals surface area contributed by atoms with Crippen LogP contribution < -0.4 is 5.32 Å². The van der Waals surface area contributed by atoms with E-state index in [1.54, 1.807) is 31.2 Å². The highest BCUT2D eigenvalue weighted by Crippen LogP contribution is 2.21. The van der Waals surface area contributed by atoms with E-state index in [1.807, 2.05) is 37.3 Å². The van der Waals surface area contributed by atoms with Crippen molar-refractivity contribution in [2.24, 2.45) is 0 Å². The van der Waals surface area contributed by atoms with Crippen LogP contribution in [-0.2, 0) is 11.3 Å². The molecule has 2 N–H and O–H groups in total. The number of phenolic OH excluding ortho intramolecular Hbond substituents is 1. The van der Waals surface area contributed by atoms with Crippen LogP contribution >= 0.6 is 0 Å². The van der Waals surface area contributed by atoms with E-state index in [1.165, 1.54) is 0 Å². The fraction of sp³-hybridized carbons (Fsp3) is 0.167. The molecule has 0 saturated carbocycles. The Bertz CT molecular complexity index is 643. The third kappa shape index (κ3) is 3.96. The van der Waals surface area contributed by atoms with Crippen molar-refractivity contribution in [1.82, 2.24) is 5.32 Å². The molecule has 3 nitrogen and oxygen atoms in total. The second-order valence-electron chi connectivity index (χ2n) is 4.94. The fourth-order valence-electron chi connectivity index (χ4n) is 2.23. The maximum absolute atomic E-state index is 11.9. The van der Waals surface area contributed by atoms with Crippen LogP contribution in [0.1, 0.15) is 25.0 Å². The first kappa shape index (κ1) is 14.9. The smallest absolute Gasteiger partial charge is 0.162 e. The quantitative estimate of drug-likeness (QED) is 0.825. The van der Waals surface area contributed by atoms with Gasteiger partial charge in [0, 0.05) is 17.8 Å². The Morgan fingerprint density at radius 1 is 1.00 bits per heavy atom. The Kier molecular flexibility index (Phi) is 4.77. The van der Waals surface area contributed by atoms with Crippen LogP contribution in [0.4, 0.5) is 0 Å². The standard InChI is InChI=1S/C18H19NO2/c1-13(19-12-15-6-4-3-5-7-15)18(14(2)20)16-8-10-17(21)11-9-16/h3-11,19,21H,12H2,1-2H3/b18-13+. The summed E-state index contributed by atoms with van der Waals surface area (Å²) in [5.74, 6) is 0.190. The average molecular weight is 281 g/mol. The zero-order chi connectivity index (χ0) is 15.2.